The number of benzene rings is 3. The second kappa shape index (κ2) is 11.4. The third-order valence-electron chi connectivity index (χ3n) is 4.98. The largest absolute Gasteiger partial charge is 0.508 e. The number of rotatable bonds is 12. The molecule has 0 radical (unpaired) electrons. The summed E-state index contributed by atoms with van der Waals surface area (Å²) in [5, 5.41) is 24.1. The lowest BCUT2D eigenvalue weighted by Crippen LogP contribution is -2.20. The van der Waals surface area contributed by atoms with Gasteiger partial charge in [0.2, 0.25) is 0 Å². The Morgan fingerprint density at radius 1 is 0.900 bits per heavy atom. The van der Waals surface area contributed by atoms with Crippen molar-refractivity contribution in [1.82, 2.24) is 5.32 Å². The number of unbranched alkanes of at least 4 members (excludes halogenated alkanes) is 1. The second-order valence-corrected chi connectivity index (χ2v) is 7.25. The Balaban J connectivity index is 1.78. The second-order valence-electron chi connectivity index (χ2n) is 7.25. The minimum absolute atomic E-state index is 0.177. The van der Waals surface area contributed by atoms with Crippen molar-refractivity contribution in [3.05, 3.63) is 65.7 Å². The molecule has 3 N–H and O–H groups in total. The van der Waals surface area contributed by atoms with Gasteiger partial charge in [-0.3, -0.25) is 0 Å². The summed E-state index contributed by atoms with van der Waals surface area (Å²) < 4.78 is 11.8. The van der Waals surface area contributed by atoms with Crippen LogP contribution in [0.5, 0.6) is 17.2 Å². The van der Waals surface area contributed by atoms with Crippen molar-refractivity contribution in [1.29, 1.82) is 0 Å². The van der Waals surface area contributed by atoms with Gasteiger partial charge < -0.3 is 25.0 Å². The van der Waals surface area contributed by atoms with Crippen LogP contribution in [0.25, 0.3) is 10.8 Å². The SMILES string of the molecule is CCNCCOc1ccc(Cc2c(OCCCCO)ccc3cc(O)ccc23)cc1. The number of hydrogen-bond donors (Lipinski definition) is 3. The van der Waals surface area contributed by atoms with Crippen molar-refractivity contribution in [3.8, 4) is 17.2 Å². The first kappa shape index (κ1) is 21.9. The minimum atomic E-state index is 0.177. The van der Waals surface area contributed by atoms with Gasteiger partial charge >= 0.3 is 0 Å². The molecular weight excluding hydrogens is 378 g/mol. The topological polar surface area (TPSA) is 71.0 Å². The fourth-order valence-corrected chi connectivity index (χ4v) is 3.40. The molecule has 0 saturated heterocycles. The van der Waals surface area contributed by atoms with E-state index in [9.17, 15) is 5.11 Å². The van der Waals surface area contributed by atoms with Crippen molar-refractivity contribution in [2.45, 2.75) is 26.2 Å². The standard InChI is InChI=1S/C25H31NO4/c1-2-26-13-16-29-22-9-5-19(6-10-22)17-24-23-11-8-21(28)18-20(23)7-12-25(24)30-15-4-3-14-27/h5-12,18,26-28H,2-4,13-17H2,1H3. The quantitative estimate of drug-likeness (QED) is 0.390. The van der Waals surface area contributed by atoms with Crippen molar-refractivity contribution >= 4 is 10.8 Å². The molecule has 0 bridgehead atoms. The Labute approximate surface area is 178 Å². The molecule has 0 aliphatic heterocycles. The summed E-state index contributed by atoms with van der Waals surface area (Å²) in [5.74, 6) is 1.96. The summed E-state index contributed by atoms with van der Waals surface area (Å²) in [6.45, 7) is 5.24. The number of likely N-dealkylation sites (N-methyl/N-ethyl adjacent to an activating group) is 1. The van der Waals surface area contributed by atoms with Crippen molar-refractivity contribution in [2.24, 2.45) is 0 Å². The Kier molecular flexibility index (Phi) is 8.36. The normalized spacial score (nSPS) is 11.0. The van der Waals surface area contributed by atoms with E-state index in [2.05, 4.69) is 24.4 Å². The molecule has 0 heterocycles. The molecule has 5 heteroatoms. The predicted octanol–water partition coefficient (Wildman–Crippen LogP) is 4.28. The van der Waals surface area contributed by atoms with Crippen LogP contribution in [-0.2, 0) is 6.42 Å². The summed E-state index contributed by atoms with van der Waals surface area (Å²) in [6.07, 6.45) is 2.25. The molecule has 5 nitrogen and oxygen atoms in total. The van der Waals surface area contributed by atoms with Crippen molar-refractivity contribution in [2.75, 3.05) is 32.9 Å². The third-order valence-corrected chi connectivity index (χ3v) is 4.98. The van der Waals surface area contributed by atoms with Gasteiger partial charge in [0.05, 0.1) is 6.61 Å². The molecule has 3 rings (SSSR count). The number of phenols is 1. The van der Waals surface area contributed by atoms with Gasteiger partial charge in [0.25, 0.3) is 0 Å². The van der Waals surface area contributed by atoms with Crippen LogP contribution < -0.4 is 14.8 Å². The van der Waals surface area contributed by atoms with Gasteiger partial charge in [-0.15, -0.1) is 0 Å². The summed E-state index contributed by atoms with van der Waals surface area (Å²) in [5.41, 5.74) is 2.26. The Morgan fingerprint density at radius 2 is 1.73 bits per heavy atom. The summed E-state index contributed by atoms with van der Waals surface area (Å²) in [6, 6.07) is 17.5. The molecule has 3 aromatic rings. The zero-order chi connectivity index (χ0) is 21.2. The maximum Gasteiger partial charge on any atom is 0.123 e. The van der Waals surface area contributed by atoms with E-state index in [-0.39, 0.29) is 12.4 Å². The summed E-state index contributed by atoms with van der Waals surface area (Å²) >= 11 is 0. The van der Waals surface area contributed by atoms with Gasteiger partial charge in [-0.2, -0.15) is 0 Å². The Bertz CT molecular complexity index is 924. The molecule has 0 atom stereocenters. The fourth-order valence-electron chi connectivity index (χ4n) is 3.40. The lowest BCUT2D eigenvalue weighted by atomic mass is 9.97. The molecule has 0 spiro atoms. The van der Waals surface area contributed by atoms with Gasteiger partial charge in [0.1, 0.15) is 23.9 Å². The fraction of sp³-hybridized carbons (Fsp3) is 0.360. The average molecular weight is 410 g/mol. The van der Waals surface area contributed by atoms with E-state index in [0.29, 0.717) is 13.2 Å². The number of hydrogen-bond acceptors (Lipinski definition) is 5. The van der Waals surface area contributed by atoms with Crippen LogP contribution in [0.4, 0.5) is 0 Å². The van der Waals surface area contributed by atoms with Crippen LogP contribution in [0, 0.1) is 0 Å². The van der Waals surface area contributed by atoms with E-state index in [1.165, 1.54) is 0 Å². The van der Waals surface area contributed by atoms with E-state index in [1.807, 2.05) is 30.3 Å². The van der Waals surface area contributed by atoms with Crippen molar-refractivity contribution < 1.29 is 19.7 Å². The van der Waals surface area contributed by atoms with Gasteiger partial charge in [-0.05, 0) is 66.1 Å². The molecule has 0 aliphatic carbocycles. The average Bonchev–Trinajstić information content (AvgIpc) is 2.76. The van der Waals surface area contributed by atoms with E-state index in [0.717, 1.165) is 65.8 Å². The van der Waals surface area contributed by atoms with Crippen LogP contribution in [0.2, 0.25) is 0 Å². The van der Waals surface area contributed by atoms with Crippen LogP contribution in [-0.4, -0.2) is 43.1 Å². The van der Waals surface area contributed by atoms with E-state index >= 15 is 0 Å². The van der Waals surface area contributed by atoms with E-state index in [1.54, 1.807) is 12.1 Å². The molecule has 3 aromatic carbocycles. The Morgan fingerprint density at radius 3 is 2.50 bits per heavy atom. The first-order chi connectivity index (χ1) is 14.7. The third kappa shape index (κ3) is 6.12. The molecule has 0 unspecified atom stereocenters. The maximum absolute atomic E-state index is 9.84. The number of phenolic OH excluding ortho intramolecular Hbond substituents is 1. The van der Waals surface area contributed by atoms with E-state index < -0.39 is 0 Å². The molecule has 160 valence electrons. The zero-order valence-corrected chi connectivity index (χ0v) is 17.6. The molecule has 0 fully saturated rings. The first-order valence-electron chi connectivity index (χ1n) is 10.6. The van der Waals surface area contributed by atoms with Crippen LogP contribution >= 0.6 is 0 Å². The minimum Gasteiger partial charge on any atom is -0.508 e. The van der Waals surface area contributed by atoms with Gasteiger partial charge in [0.15, 0.2) is 0 Å². The molecule has 0 saturated carbocycles. The van der Waals surface area contributed by atoms with Crippen LogP contribution in [0.3, 0.4) is 0 Å². The number of fused-ring (bicyclic) bond motifs is 1. The molecule has 0 aliphatic rings. The molecule has 0 amide bonds. The number of aliphatic hydroxyl groups is 1. The monoisotopic (exact) mass is 409 g/mol. The summed E-state index contributed by atoms with van der Waals surface area (Å²) in [7, 11) is 0. The van der Waals surface area contributed by atoms with Gasteiger partial charge in [0, 0.05) is 25.1 Å². The highest BCUT2D eigenvalue weighted by Crippen LogP contribution is 2.32. The smallest absolute Gasteiger partial charge is 0.123 e. The number of aromatic hydroxyl groups is 1. The summed E-state index contributed by atoms with van der Waals surface area (Å²) in [4.78, 5) is 0. The lowest BCUT2D eigenvalue weighted by molar-refractivity contribution is 0.252. The van der Waals surface area contributed by atoms with E-state index in [4.69, 9.17) is 14.6 Å². The van der Waals surface area contributed by atoms with Gasteiger partial charge in [-0.25, -0.2) is 0 Å². The molecule has 30 heavy (non-hydrogen) atoms. The highest BCUT2D eigenvalue weighted by atomic mass is 16.5. The molecular formula is C25H31NO4. The zero-order valence-electron chi connectivity index (χ0n) is 17.6. The maximum atomic E-state index is 9.84. The van der Waals surface area contributed by atoms with Gasteiger partial charge in [-0.1, -0.05) is 31.2 Å². The number of ether oxygens (including phenoxy) is 2. The Hall–Kier alpha value is -2.76. The van der Waals surface area contributed by atoms with Crippen LogP contribution in [0.1, 0.15) is 30.9 Å². The van der Waals surface area contributed by atoms with Crippen molar-refractivity contribution in [3.63, 3.8) is 0 Å². The first-order valence-corrected chi connectivity index (χ1v) is 10.6. The highest BCUT2D eigenvalue weighted by molar-refractivity contribution is 5.89. The molecule has 0 aromatic heterocycles. The number of aliphatic hydroxyl groups excluding tert-OH is 1. The lowest BCUT2D eigenvalue weighted by Gasteiger charge is -2.15. The van der Waals surface area contributed by atoms with Crippen LogP contribution in [0.15, 0.2) is 54.6 Å². The highest BCUT2D eigenvalue weighted by Gasteiger charge is 2.11. The number of nitrogens with one attached hydrogen (secondary N) is 1. The predicted molar refractivity (Wildman–Crippen MR) is 121 cm³/mol.